The molecule has 0 fully saturated rings. The Kier molecular flexibility index (Phi) is 5.13. The number of rotatable bonds is 6. The monoisotopic (exact) mass is 191 g/mol. The SMILES string of the molecule is CCCCCN(CC)c1ccccc1. The second kappa shape index (κ2) is 6.47. The molecule has 0 saturated carbocycles. The Bertz CT molecular complexity index is 230. The molecule has 0 spiro atoms. The highest BCUT2D eigenvalue weighted by Crippen LogP contribution is 2.13. The summed E-state index contributed by atoms with van der Waals surface area (Å²) in [4.78, 5) is 2.44. The van der Waals surface area contributed by atoms with Gasteiger partial charge in [0.15, 0.2) is 0 Å². The molecule has 0 bridgehead atoms. The number of para-hydroxylation sites is 1. The molecule has 0 heterocycles. The summed E-state index contributed by atoms with van der Waals surface area (Å²) in [6.07, 6.45) is 3.94. The van der Waals surface area contributed by atoms with Gasteiger partial charge in [0.1, 0.15) is 0 Å². The molecule has 1 rings (SSSR count). The minimum absolute atomic E-state index is 1.10. The first kappa shape index (κ1) is 11.1. The van der Waals surface area contributed by atoms with Gasteiger partial charge < -0.3 is 4.90 Å². The van der Waals surface area contributed by atoms with Gasteiger partial charge in [-0.1, -0.05) is 38.0 Å². The topological polar surface area (TPSA) is 3.24 Å². The molecule has 0 amide bonds. The first-order valence-corrected chi connectivity index (χ1v) is 5.68. The van der Waals surface area contributed by atoms with Crippen LogP contribution in [0.5, 0.6) is 0 Å². The van der Waals surface area contributed by atoms with Crippen LogP contribution in [0.15, 0.2) is 30.3 Å². The molecule has 0 aliphatic heterocycles. The molecule has 0 N–H and O–H groups in total. The molecular weight excluding hydrogens is 170 g/mol. The summed E-state index contributed by atoms with van der Waals surface area (Å²) >= 11 is 0. The van der Waals surface area contributed by atoms with E-state index in [1.165, 1.54) is 31.5 Å². The molecule has 0 aromatic heterocycles. The standard InChI is InChI=1S/C13H21N/c1-3-5-9-12-14(4-2)13-10-7-6-8-11-13/h6-8,10-11H,3-5,9,12H2,1-2H3. The van der Waals surface area contributed by atoms with Crippen LogP contribution >= 0.6 is 0 Å². The first-order valence-electron chi connectivity index (χ1n) is 5.68. The van der Waals surface area contributed by atoms with Gasteiger partial charge in [0.25, 0.3) is 0 Å². The molecule has 1 aromatic rings. The van der Waals surface area contributed by atoms with E-state index in [-0.39, 0.29) is 0 Å². The summed E-state index contributed by atoms with van der Waals surface area (Å²) < 4.78 is 0. The number of unbranched alkanes of at least 4 members (excludes halogenated alkanes) is 2. The largest absolute Gasteiger partial charge is 0.372 e. The minimum atomic E-state index is 1.10. The van der Waals surface area contributed by atoms with Crippen LogP contribution in [0.25, 0.3) is 0 Å². The molecule has 1 heteroatoms. The van der Waals surface area contributed by atoms with E-state index in [0.29, 0.717) is 0 Å². The zero-order chi connectivity index (χ0) is 10.2. The van der Waals surface area contributed by atoms with E-state index in [0.717, 1.165) is 6.54 Å². The fourth-order valence-corrected chi connectivity index (χ4v) is 1.66. The molecule has 0 aliphatic rings. The summed E-state index contributed by atoms with van der Waals surface area (Å²) in [6, 6.07) is 10.7. The van der Waals surface area contributed by atoms with Gasteiger partial charge in [-0.3, -0.25) is 0 Å². The zero-order valence-electron chi connectivity index (χ0n) is 9.37. The van der Waals surface area contributed by atoms with Gasteiger partial charge >= 0.3 is 0 Å². The second-order valence-corrected chi connectivity index (χ2v) is 3.62. The third-order valence-corrected chi connectivity index (χ3v) is 2.53. The van der Waals surface area contributed by atoms with Crippen molar-refractivity contribution in [3.63, 3.8) is 0 Å². The quantitative estimate of drug-likeness (QED) is 0.620. The predicted octanol–water partition coefficient (Wildman–Crippen LogP) is 3.70. The minimum Gasteiger partial charge on any atom is -0.372 e. The Labute approximate surface area is 87.7 Å². The average Bonchev–Trinajstić information content (AvgIpc) is 2.26. The van der Waals surface area contributed by atoms with Crippen LogP contribution in [0.4, 0.5) is 5.69 Å². The molecule has 0 atom stereocenters. The summed E-state index contributed by atoms with van der Waals surface area (Å²) in [6.45, 7) is 6.76. The molecule has 78 valence electrons. The fraction of sp³-hybridized carbons (Fsp3) is 0.538. The van der Waals surface area contributed by atoms with E-state index in [9.17, 15) is 0 Å². The maximum atomic E-state index is 2.44. The fourth-order valence-electron chi connectivity index (χ4n) is 1.66. The van der Waals surface area contributed by atoms with Crippen molar-refractivity contribution in [1.82, 2.24) is 0 Å². The summed E-state index contributed by atoms with van der Waals surface area (Å²) in [5, 5.41) is 0. The van der Waals surface area contributed by atoms with Crippen molar-refractivity contribution in [2.75, 3.05) is 18.0 Å². The highest BCUT2D eigenvalue weighted by atomic mass is 15.1. The maximum Gasteiger partial charge on any atom is 0.0366 e. The Hall–Kier alpha value is -0.980. The van der Waals surface area contributed by atoms with Gasteiger partial charge in [-0.05, 0) is 25.5 Å². The van der Waals surface area contributed by atoms with Crippen LogP contribution in [0.3, 0.4) is 0 Å². The van der Waals surface area contributed by atoms with Crippen LogP contribution in [-0.4, -0.2) is 13.1 Å². The number of benzene rings is 1. The number of nitrogens with zero attached hydrogens (tertiary/aromatic N) is 1. The molecule has 0 saturated heterocycles. The van der Waals surface area contributed by atoms with Crippen molar-refractivity contribution >= 4 is 5.69 Å². The number of hydrogen-bond acceptors (Lipinski definition) is 1. The Morgan fingerprint density at radius 3 is 2.29 bits per heavy atom. The molecule has 14 heavy (non-hydrogen) atoms. The summed E-state index contributed by atoms with van der Waals surface area (Å²) in [7, 11) is 0. The van der Waals surface area contributed by atoms with E-state index in [2.05, 4.69) is 49.1 Å². The second-order valence-electron chi connectivity index (χ2n) is 3.62. The lowest BCUT2D eigenvalue weighted by atomic mass is 10.2. The van der Waals surface area contributed by atoms with Crippen LogP contribution in [0, 0.1) is 0 Å². The third-order valence-electron chi connectivity index (χ3n) is 2.53. The van der Waals surface area contributed by atoms with Crippen molar-refractivity contribution in [3.8, 4) is 0 Å². The van der Waals surface area contributed by atoms with Gasteiger partial charge in [-0.2, -0.15) is 0 Å². The van der Waals surface area contributed by atoms with E-state index < -0.39 is 0 Å². The molecule has 1 nitrogen and oxygen atoms in total. The maximum absolute atomic E-state index is 2.44. The normalized spacial score (nSPS) is 10.1. The van der Waals surface area contributed by atoms with Crippen LogP contribution in [0.2, 0.25) is 0 Å². The smallest absolute Gasteiger partial charge is 0.0366 e. The lowest BCUT2D eigenvalue weighted by Gasteiger charge is -2.22. The predicted molar refractivity (Wildman–Crippen MR) is 63.9 cm³/mol. The van der Waals surface area contributed by atoms with Gasteiger partial charge in [0.05, 0.1) is 0 Å². The molecule has 0 aliphatic carbocycles. The van der Waals surface area contributed by atoms with Crippen LogP contribution in [0.1, 0.15) is 33.1 Å². The Morgan fingerprint density at radius 1 is 1.00 bits per heavy atom. The Morgan fingerprint density at radius 2 is 1.71 bits per heavy atom. The zero-order valence-corrected chi connectivity index (χ0v) is 9.37. The van der Waals surface area contributed by atoms with Crippen molar-refractivity contribution < 1.29 is 0 Å². The first-order chi connectivity index (χ1) is 6.88. The lowest BCUT2D eigenvalue weighted by molar-refractivity contribution is 0.685. The number of anilines is 1. The van der Waals surface area contributed by atoms with Crippen LogP contribution in [-0.2, 0) is 0 Å². The van der Waals surface area contributed by atoms with Crippen molar-refractivity contribution in [3.05, 3.63) is 30.3 Å². The van der Waals surface area contributed by atoms with Crippen molar-refractivity contribution in [1.29, 1.82) is 0 Å². The Balaban J connectivity index is 2.46. The van der Waals surface area contributed by atoms with Gasteiger partial charge in [-0.15, -0.1) is 0 Å². The summed E-state index contributed by atoms with van der Waals surface area (Å²) in [5.74, 6) is 0. The molecule has 0 unspecified atom stereocenters. The van der Waals surface area contributed by atoms with E-state index in [1.807, 2.05) is 0 Å². The van der Waals surface area contributed by atoms with Gasteiger partial charge in [-0.25, -0.2) is 0 Å². The third kappa shape index (κ3) is 3.41. The molecule has 0 radical (unpaired) electrons. The van der Waals surface area contributed by atoms with Crippen molar-refractivity contribution in [2.24, 2.45) is 0 Å². The van der Waals surface area contributed by atoms with E-state index >= 15 is 0 Å². The summed E-state index contributed by atoms with van der Waals surface area (Å²) in [5.41, 5.74) is 1.35. The highest BCUT2D eigenvalue weighted by molar-refractivity contribution is 5.45. The van der Waals surface area contributed by atoms with Crippen LogP contribution < -0.4 is 4.90 Å². The highest BCUT2D eigenvalue weighted by Gasteiger charge is 2.01. The lowest BCUT2D eigenvalue weighted by Crippen LogP contribution is -2.23. The molecule has 1 aromatic carbocycles. The van der Waals surface area contributed by atoms with E-state index in [4.69, 9.17) is 0 Å². The number of hydrogen-bond donors (Lipinski definition) is 0. The van der Waals surface area contributed by atoms with Gasteiger partial charge in [0.2, 0.25) is 0 Å². The van der Waals surface area contributed by atoms with Gasteiger partial charge in [0, 0.05) is 18.8 Å². The molecular formula is C13H21N. The average molecular weight is 191 g/mol. The van der Waals surface area contributed by atoms with E-state index in [1.54, 1.807) is 0 Å². The van der Waals surface area contributed by atoms with Crippen molar-refractivity contribution in [2.45, 2.75) is 33.1 Å².